The maximum Gasteiger partial charge on any atom is 0.311 e. The summed E-state index contributed by atoms with van der Waals surface area (Å²) in [5.41, 5.74) is -0.761. The maximum absolute atomic E-state index is 12.5. The first kappa shape index (κ1) is 14.4. The lowest BCUT2D eigenvalue weighted by molar-refractivity contribution is -0.150. The van der Waals surface area contributed by atoms with E-state index in [1.165, 1.54) is 17.2 Å². The van der Waals surface area contributed by atoms with Gasteiger partial charge in [-0.05, 0) is 31.9 Å². The molecule has 0 saturated carbocycles. The van der Waals surface area contributed by atoms with E-state index >= 15 is 0 Å². The molecule has 1 atom stereocenters. The number of carbonyl (C=O) groups excluding carboxylic acids is 1. The molecule has 116 valence electrons. The second-order valence-corrected chi connectivity index (χ2v) is 5.75. The van der Waals surface area contributed by atoms with E-state index in [0.29, 0.717) is 30.9 Å². The predicted octanol–water partition coefficient (Wildman–Crippen LogP) is 2.26. The van der Waals surface area contributed by atoms with Gasteiger partial charge in [0.2, 0.25) is 5.76 Å². The third-order valence-corrected chi connectivity index (χ3v) is 3.99. The van der Waals surface area contributed by atoms with Crippen molar-refractivity contribution in [2.75, 3.05) is 13.1 Å². The van der Waals surface area contributed by atoms with Crippen molar-refractivity contribution < 1.29 is 23.6 Å². The highest BCUT2D eigenvalue weighted by Crippen LogP contribution is 2.30. The van der Waals surface area contributed by atoms with Crippen molar-refractivity contribution in [3.8, 4) is 11.5 Å². The van der Waals surface area contributed by atoms with E-state index in [2.05, 4.69) is 5.16 Å². The average Bonchev–Trinajstić information content (AvgIpc) is 3.17. The fourth-order valence-electron chi connectivity index (χ4n) is 2.66. The van der Waals surface area contributed by atoms with Gasteiger partial charge in [-0.3, -0.25) is 9.59 Å². The molecule has 0 spiro atoms. The predicted molar refractivity (Wildman–Crippen MR) is 75.1 cm³/mol. The minimum atomic E-state index is -0.915. The fraction of sp³-hybridized carbons (Fsp3) is 0.400. The Morgan fingerprint density at radius 3 is 2.91 bits per heavy atom. The van der Waals surface area contributed by atoms with Gasteiger partial charge in [-0.1, -0.05) is 5.16 Å². The Balaban J connectivity index is 1.78. The number of carbonyl (C=O) groups is 2. The lowest BCUT2D eigenvalue weighted by Gasteiger charge is -2.37. The summed E-state index contributed by atoms with van der Waals surface area (Å²) in [6, 6.07) is 4.92. The number of furan rings is 1. The lowest BCUT2D eigenvalue weighted by Crippen LogP contribution is -2.48. The molecular weight excluding hydrogens is 288 g/mol. The number of amides is 1. The van der Waals surface area contributed by atoms with E-state index in [1.54, 1.807) is 19.1 Å². The summed E-state index contributed by atoms with van der Waals surface area (Å²) < 4.78 is 10.3. The van der Waals surface area contributed by atoms with Crippen LogP contribution in [0.2, 0.25) is 0 Å². The van der Waals surface area contributed by atoms with E-state index in [-0.39, 0.29) is 18.1 Å². The molecule has 7 heteroatoms. The molecule has 1 aliphatic heterocycles. The van der Waals surface area contributed by atoms with Gasteiger partial charge >= 0.3 is 5.97 Å². The van der Waals surface area contributed by atoms with Crippen molar-refractivity contribution in [2.24, 2.45) is 5.41 Å². The third kappa shape index (κ3) is 2.49. The number of rotatable bonds is 3. The number of aromatic nitrogens is 1. The number of aliphatic carboxylic acids is 1. The number of likely N-dealkylation sites (tertiary alicyclic amines) is 1. The number of carboxylic acid groups (broad SMARTS) is 1. The molecule has 0 aliphatic carbocycles. The zero-order valence-corrected chi connectivity index (χ0v) is 12.1. The summed E-state index contributed by atoms with van der Waals surface area (Å²) in [6.07, 6.45) is 2.71. The Hall–Kier alpha value is -2.57. The van der Waals surface area contributed by atoms with E-state index in [1.807, 2.05) is 0 Å². The number of hydrogen-bond donors (Lipinski definition) is 1. The number of nitrogens with zero attached hydrogens (tertiary/aromatic N) is 2. The highest BCUT2D eigenvalue weighted by atomic mass is 16.5. The van der Waals surface area contributed by atoms with Crippen LogP contribution in [-0.2, 0) is 4.79 Å². The van der Waals surface area contributed by atoms with Crippen molar-refractivity contribution in [1.29, 1.82) is 0 Å². The zero-order chi connectivity index (χ0) is 15.7. The zero-order valence-electron chi connectivity index (χ0n) is 12.1. The van der Waals surface area contributed by atoms with Crippen LogP contribution >= 0.6 is 0 Å². The van der Waals surface area contributed by atoms with E-state index in [9.17, 15) is 14.7 Å². The number of carboxylic acids is 1. The molecule has 1 aliphatic rings. The second kappa shape index (κ2) is 5.32. The standard InChI is InChI=1S/C15H16N2O5/c1-15(14(19)20)5-3-6-17(9-15)13(18)10-8-12(22-16-10)11-4-2-7-21-11/h2,4,7-8H,3,5-6,9H2,1H3,(H,19,20). The normalized spacial score (nSPS) is 21.8. The van der Waals surface area contributed by atoms with Gasteiger partial charge in [0, 0.05) is 19.2 Å². The Bertz CT molecular complexity index is 691. The first-order chi connectivity index (χ1) is 10.5. The van der Waals surface area contributed by atoms with Gasteiger partial charge in [0.1, 0.15) is 0 Å². The minimum Gasteiger partial charge on any atom is -0.481 e. The minimum absolute atomic E-state index is 0.154. The van der Waals surface area contributed by atoms with Crippen LogP contribution in [0.4, 0.5) is 0 Å². The summed E-state index contributed by atoms with van der Waals surface area (Å²) in [5.74, 6) is -0.359. The molecule has 2 aromatic rings. The molecule has 1 saturated heterocycles. The first-order valence-electron chi connectivity index (χ1n) is 7.03. The smallest absolute Gasteiger partial charge is 0.311 e. The molecule has 0 aromatic carbocycles. The summed E-state index contributed by atoms with van der Waals surface area (Å²) in [4.78, 5) is 25.3. The van der Waals surface area contributed by atoms with Crippen molar-refractivity contribution in [3.05, 3.63) is 30.2 Å². The van der Waals surface area contributed by atoms with E-state index < -0.39 is 11.4 Å². The highest BCUT2D eigenvalue weighted by molar-refractivity contribution is 5.93. The molecule has 1 fully saturated rings. The van der Waals surface area contributed by atoms with Crippen LogP contribution in [0, 0.1) is 5.41 Å². The van der Waals surface area contributed by atoms with Gasteiger partial charge in [0.15, 0.2) is 11.5 Å². The average molecular weight is 304 g/mol. The molecule has 3 rings (SSSR count). The Kier molecular flexibility index (Phi) is 3.48. The van der Waals surface area contributed by atoms with E-state index in [0.717, 1.165) is 0 Å². The van der Waals surface area contributed by atoms with Crippen LogP contribution in [0.5, 0.6) is 0 Å². The number of hydrogen-bond acceptors (Lipinski definition) is 5. The van der Waals surface area contributed by atoms with Gasteiger partial charge in [0.05, 0.1) is 11.7 Å². The van der Waals surface area contributed by atoms with Gasteiger partial charge in [-0.2, -0.15) is 0 Å². The largest absolute Gasteiger partial charge is 0.481 e. The molecule has 0 bridgehead atoms. The third-order valence-electron chi connectivity index (χ3n) is 3.99. The fourth-order valence-corrected chi connectivity index (χ4v) is 2.66. The van der Waals surface area contributed by atoms with Crippen LogP contribution in [0.25, 0.3) is 11.5 Å². The van der Waals surface area contributed by atoms with Crippen LogP contribution in [-0.4, -0.2) is 40.1 Å². The Morgan fingerprint density at radius 2 is 2.23 bits per heavy atom. The summed E-state index contributed by atoms with van der Waals surface area (Å²) in [5, 5.41) is 13.1. The SMILES string of the molecule is CC1(C(=O)O)CCCN(C(=O)c2cc(-c3ccco3)on2)C1. The van der Waals surface area contributed by atoms with Gasteiger partial charge in [0.25, 0.3) is 5.91 Å². The van der Waals surface area contributed by atoms with E-state index in [4.69, 9.17) is 8.94 Å². The summed E-state index contributed by atoms with van der Waals surface area (Å²) >= 11 is 0. The van der Waals surface area contributed by atoms with Crippen molar-refractivity contribution >= 4 is 11.9 Å². The first-order valence-corrected chi connectivity index (χ1v) is 7.03. The maximum atomic E-state index is 12.5. The molecule has 1 amide bonds. The summed E-state index contributed by atoms with van der Waals surface area (Å²) in [7, 11) is 0. The second-order valence-electron chi connectivity index (χ2n) is 5.75. The van der Waals surface area contributed by atoms with Crippen LogP contribution < -0.4 is 0 Å². The molecule has 7 nitrogen and oxygen atoms in total. The van der Waals surface area contributed by atoms with Gasteiger partial charge in [-0.15, -0.1) is 0 Å². The van der Waals surface area contributed by atoms with Crippen molar-refractivity contribution in [3.63, 3.8) is 0 Å². The van der Waals surface area contributed by atoms with Crippen LogP contribution in [0.1, 0.15) is 30.3 Å². The molecule has 1 N–H and O–H groups in total. The topological polar surface area (TPSA) is 96.8 Å². The Labute approximate surface area is 126 Å². The molecule has 3 heterocycles. The lowest BCUT2D eigenvalue weighted by atomic mass is 9.82. The van der Waals surface area contributed by atoms with Crippen LogP contribution in [0.3, 0.4) is 0 Å². The van der Waals surface area contributed by atoms with Crippen LogP contribution in [0.15, 0.2) is 33.4 Å². The van der Waals surface area contributed by atoms with Gasteiger partial charge in [-0.25, -0.2) is 0 Å². The summed E-state index contributed by atoms with van der Waals surface area (Å²) in [6.45, 7) is 2.35. The number of piperidine rings is 1. The quantitative estimate of drug-likeness (QED) is 0.934. The van der Waals surface area contributed by atoms with Gasteiger partial charge < -0.3 is 18.9 Å². The van der Waals surface area contributed by atoms with Crippen molar-refractivity contribution in [2.45, 2.75) is 19.8 Å². The molecule has 1 unspecified atom stereocenters. The molecule has 2 aromatic heterocycles. The molecular formula is C15H16N2O5. The highest BCUT2D eigenvalue weighted by Gasteiger charge is 2.40. The Morgan fingerprint density at radius 1 is 1.41 bits per heavy atom. The van der Waals surface area contributed by atoms with Crippen molar-refractivity contribution in [1.82, 2.24) is 10.1 Å². The monoisotopic (exact) mass is 304 g/mol. The molecule has 22 heavy (non-hydrogen) atoms. The molecule has 0 radical (unpaired) electrons.